The van der Waals surface area contributed by atoms with E-state index in [1.54, 1.807) is 12.5 Å². The first-order valence-electron chi connectivity index (χ1n) is 9.74. The number of furan rings is 1. The lowest BCUT2D eigenvalue weighted by Crippen LogP contribution is -2.21. The lowest BCUT2D eigenvalue weighted by atomic mass is 9.92. The van der Waals surface area contributed by atoms with Crippen molar-refractivity contribution in [3.05, 3.63) is 53.6 Å². The summed E-state index contributed by atoms with van der Waals surface area (Å²) in [5.41, 5.74) is 9.81. The van der Waals surface area contributed by atoms with Gasteiger partial charge in [-0.15, -0.1) is 0 Å². The van der Waals surface area contributed by atoms with Gasteiger partial charge in [0.1, 0.15) is 5.75 Å². The maximum Gasteiger partial charge on any atom is 0.343 e. The van der Waals surface area contributed by atoms with Crippen LogP contribution in [0.1, 0.15) is 42.0 Å². The van der Waals surface area contributed by atoms with Gasteiger partial charge in [-0.2, -0.15) is 0 Å². The molecule has 29 heavy (non-hydrogen) atoms. The molecule has 1 amide bonds. The highest BCUT2D eigenvalue weighted by molar-refractivity contribution is 5.97. The zero-order chi connectivity index (χ0) is 20.4. The molecule has 2 N–H and O–H groups in total. The maximum absolute atomic E-state index is 12.3. The second-order valence-electron chi connectivity index (χ2n) is 7.29. The van der Waals surface area contributed by atoms with E-state index in [0.29, 0.717) is 18.7 Å². The average Bonchev–Trinajstić information content (AvgIpc) is 3.27. The number of carbonyl (C=O) groups excluding carboxylic acids is 2. The molecule has 1 aromatic carbocycles. The number of hydrogen-bond acceptors (Lipinski definition) is 5. The fraction of sp³-hybridized carbons (Fsp3) is 0.364. The van der Waals surface area contributed by atoms with E-state index in [4.69, 9.17) is 19.6 Å². The number of nitrogens with two attached hydrogens (primary N) is 1. The Bertz CT molecular complexity index is 1040. The zero-order valence-corrected chi connectivity index (χ0v) is 16.3. The van der Waals surface area contributed by atoms with Gasteiger partial charge >= 0.3 is 5.97 Å². The molecule has 0 radical (unpaired) electrons. The number of ether oxygens (including phenoxy) is 2. The van der Waals surface area contributed by atoms with Crippen molar-refractivity contribution in [2.75, 3.05) is 13.7 Å². The molecule has 0 bridgehead atoms. The van der Waals surface area contributed by atoms with Crippen LogP contribution in [0.15, 0.2) is 41.2 Å². The molecule has 1 aliphatic carbocycles. The first kappa shape index (κ1) is 19.1. The smallest absolute Gasteiger partial charge is 0.343 e. The number of carbonyl (C=O) groups is 2. The summed E-state index contributed by atoms with van der Waals surface area (Å²) < 4.78 is 17.9. The number of methoxy groups -OCH3 is 1. The van der Waals surface area contributed by atoms with Crippen LogP contribution < -0.4 is 10.5 Å². The monoisotopic (exact) mass is 396 g/mol. The molecule has 0 fully saturated rings. The van der Waals surface area contributed by atoms with Gasteiger partial charge in [0.2, 0.25) is 5.91 Å². The van der Waals surface area contributed by atoms with Gasteiger partial charge in [0, 0.05) is 16.6 Å². The zero-order valence-electron chi connectivity index (χ0n) is 16.3. The lowest BCUT2D eigenvalue weighted by molar-refractivity contribution is -0.142. The Balaban J connectivity index is 1.92. The summed E-state index contributed by atoms with van der Waals surface area (Å²) in [6, 6.07) is 7.64. The van der Waals surface area contributed by atoms with Crippen LogP contribution in [-0.4, -0.2) is 30.2 Å². The van der Waals surface area contributed by atoms with Crippen LogP contribution in [0, 0.1) is 0 Å². The van der Waals surface area contributed by atoms with Crippen molar-refractivity contribution < 1.29 is 23.5 Å². The van der Waals surface area contributed by atoms with Crippen LogP contribution in [0.5, 0.6) is 5.75 Å². The van der Waals surface area contributed by atoms with Crippen LogP contribution in [-0.2, 0) is 27.3 Å². The van der Waals surface area contributed by atoms with Crippen molar-refractivity contribution >= 4 is 22.8 Å². The molecule has 0 saturated carbocycles. The van der Waals surface area contributed by atoms with E-state index in [0.717, 1.165) is 47.0 Å². The van der Waals surface area contributed by atoms with E-state index >= 15 is 0 Å². The van der Waals surface area contributed by atoms with Crippen molar-refractivity contribution in [3.8, 4) is 5.75 Å². The Morgan fingerprint density at radius 2 is 2.14 bits per heavy atom. The summed E-state index contributed by atoms with van der Waals surface area (Å²) in [5.74, 6) is -0.623. The largest absolute Gasteiger partial charge is 0.481 e. The minimum absolute atomic E-state index is 0.196. The third kappa shape index (κ3) is 3.60. The van der Waals surface area contributed by atoms with Crippen molar-refractivity contribution in [1.82, 2.24) is 4.57 Å². The first-order valence-corrected chi connectivity index (χ1v) is 9.74. The number of fused-ring (bicyclic) bond motifs is 3. The van der Waals surface area contributed by atoms with Gasteiger partial charge in [-0.1, -0.05) is 12.5 Å². The van der Waals surface area contributed by atoms with Gasteiger partial charge < -0.3 is 24.2 Å². The highest BCUT2D eigenvalue weighted by atomic mass is 16.6. The third-order valence-corrected chi connectivity index (χ3v) is 5.54. The molecule has 2 heterocycles. The van der Waals surface area contributed by atoms with Crippen molar-refractivity contribution in [1.29, 1.82) is 0 Å². The fourth-order valence-electron chi connectivity index (χ4n) is 4.23. The molecule has 1 aliphatic rings. The van der Waals surface area contributed by atoms with Crippen LogP contribution in [0.2, 0.25) is 0 Å². The number of rotatable bonds is 6. The summed E-state index contributed by atoms with van der Waals surface area (Å²) in [4.78, 5) is 24.0. The van der Waals surface area contributed by atoms with E-state index in [9.17, 15) is 9.59 Å². The highest BCUT2D eigenvalue weighted by Crippen LogP contribution is 2.42. The molecule has 0 spiro atoms. The fourth-order valence-corrected chi connectivity index (χ4v) is 4.23. The van der Waals surface area contributed by atoms with Crippen molar-refractivity contribution in [2.24, 2.45) is 5.73 Å². The lowest BCUT2D eigenvalue weighted by Gasteiger charge is -2.14. The molecule has 0 saturated heterocycles. The Hall–Kier alpha value is -3.22. The van der Waals surface area contributed by atoms with E-state index in [1.165, 1.54) is 7.11 Å². The molecule has 3 aromatic rings. The first-order chi connectivity index (χ1) is 14.1. The predicted molar refractivity (Wildman–Crippen MR) is 107 cm³/mol. The molecule has 2 aromatic heterocycles. The van der Waals surface area contributed by atoms with Crippen LogP contribution in [0.3, 0.4) is 0 Å². The van der Waals surface area contributed by atoms with E-state index in [-0.39, 0.29) is 18.4 Å². The van der Waals surface area contributed by atoms with Gasteiger partial charge in [-0.3, -0.25) is 4.79 Å². The molecule has 0 aliphatic heterocycles. The quantitative estimate of drug-likeness (QED) is 0.510. The Kier molecular flexibility index (Phi) is 5.29. The van der Waals surface area contributed by atoms with Crippen LogP contribution in [0.4, 0.5) is 0 Å². The molecular formula is C22H24N2O5. The number of primary amides is 1. The molecule has 1 unspecified atom stereocenters. The number of esters is 1. The molecule has 4 rings (SSSR count). The number of nitrogens with zero attached hydrogens (tertiary/aromatic N) is 1. The van der Waals surface area contributed by atoms with Gasteiger partial charge in [0.05, 0.1) is 37.6 Å². The van der Waals surface area contributed by atoms with E-state index < -0.39 is 5.97 Å². The summed E-state index contributed by atoms with van der Waals surface area (Å²) in [6.07, 6.45) is 6.84. The Labute approximate surface area is 168 Å². The molecule has 152 valence electrons. The molecule has 7 nitrogen and oxygen atoms in total. The standard InChI is InChI=1S/C22H24N2O5/c1-27-19(25)13-29-18-8-4-7-17-21(18)20-15(22(23)26)5-2-3-6-16(20)24(17)11-14-9-10-28-12-14/h4,7-10,12,15H,2-3,5-6,11,13H2,1H3,(H2,23,26). The predicted octanol–water partition coefficient (Wildman–Crippen LogP) is 3.13. The summed E-state index contributed by atoms with van der Waals surface area (Å²) in [7, 11) is 1.32. The minimum atomic E-state index is -0.461. The van der Waals surface area contributed by atoms with Gasteiger partial charge in [-0.05, 0) is 43.0 Å². The van der Waals surface area contributed by atoms with E-state index in [1.807, 2.05) is 24.3 Å². The minimum Gasteiger partial charge on any atom is -0.481 e. The second kappa shape index (κ2) is 8.03. The Morgan fingerprint density at radius 3 is 2.86 bits per heavy atom. The van der Waals surface area contributed by atoms with Gasteiger partial charge in [0.25, 0.3) is 0 Å². The molecular weight excluding hydrogens is 372 g/mol. The summed E-state index contributed by atoms with van der Waals surface area (Å²) in [5, 5.41) is 0.848. The summed E-state index contributed by atoms with van der Waals surface area (Å²) >= 11 is 0. The topological polar surface area (TPSA) is 96.7 Å². The summed E-state index contributed by atoms with van der Waals surface area (Å²) in [6.45, 7) is 0.423. The normalized spacial score (nSPS) is 16.2. The van der Waals surface area contributed by atoms with Gasteiger partial charge in [-0.25, -0.2) is 4.79 Å². The SMILES string of the molecule is COC(=O)COc1cccc2c1c1c(n2Cc2ccoc2)CCCCC1C(N)=O. The number of hydrogen-bond donors (Lipinski definition) is 1. The van der Waals surface area contributed by atoms with E-state index in [2.05, 4.69) is 4.57 Å². The third-order valence-electron chi connectivity index (χ3n) is 5.54. The molecule has 1 atom stereocenters. The van der Waals surface area contributed by atoms with Crippen molar-refractivity contribution in [2.45, 2.75) is 38.1 Å². The average molecular weight is 396 g/mol. The Morgan fingerprint density at radius 1 is 1.28 bits per heavy atom. The number of aromatic nitrogens is 1. The molecule has 7 heteroatoms. The second-order valence-corrected chi connectivity index (χ2v) is 7.29. The van der Waals surface area contributed by atoms with Crippen LogP contribution >= 0.6 is 0 Å². The van der Waals surface area contributed by atoms with Crippen LogP contribution in [0.25, 0.3) is 10.9 Å². The number of benzene rings is 1. The number of amides is 1. The highest BCUT2D eigenvalue weighted by Gasteiger charge is 2.31. The van der Waals surface area contributed by atoms with Gasteiger partial charge in [0.15, 0.2) is 6.61 Å². The maximum atomic E-state index is 12.3. The van der Waals surface area contributed by atoms with Crippen molar-refractivity contribution in [3.63, 3.8) is 0 Å².